The molecule has 4 aliphatic rings. The topological polar surface area (TPSA) is 107 Å². The van der Waals surface area contributed by atoms with Gasteiger partial charge in [0.25, 0.3) is 0 Å². The van der Waals surface area contributed by atoms with Gasteiger partial charge < -0.3 is 19.9 Å². The molecule has 2 aliphatic heterocycles. The highest BCUT2D eigenvalue weighted by atomic mass is 79.9. The van der Waals surface area contributed by atoms with Crippen LogP contribution in [0.3, 0.4) is 0 Å². The fourth-order valence-corrected chi connectivity index (χ4v) is 6.64. The van der Waals surface area contributed by atoms with Crippen molar-refractivity contribution in [3.8, 4) is 5.75 Å². The quantitative estimate of drug-likeness (QED) is 0.432. The number of nitrogens with zero attached hydrogens (tertiary/aromatic N) is 1. The van der Waals surface area contributed by atoms with E-state index in [-0.39, 0.29) is 36.6 Å². The van der Waals surface area contributed by atoms with E-state index in [0.29, 0.717) is 23.0 Å². The minimum Gasteiger partial charge on any atom is -0.508 e. The second-order valence-corrected chi connectivity index (χ2v) is 10.3. The van der Waals surface area contributed by atoms with Gasteiger partial charge in [-0.1, -0.05) is 35.2 Å². The molecular weight excluding hydrogens is 477 g/mol. The molecule has 0 aromatic heterocycles. The van der Waals surface area contributed by atoms with Gasteiger partial charge in [0.2, 0.25) is 11.8 Å². The molecule has 4 atom stereocenters. The number of hydrogen-bond acceptors (Lipinski definition) is 6. The predicted octanol–water partition coefficient (Wildman–Crippen LogP) is 2.88. The van der Waals surface area contributed by atoms with E-state index < -0.39 is 31.0 Å². The van der Waals surface area contributed by atoms with Gasteiger partial charge in [0, 0.05) is 16.1 Å². The maximum absolute atomic E-state index is 13.6. The van der Waals surface area contributed by atoms with E-state index in [1.807, 2.05) is 0 Å². The molecule has 32 heavy (non-hydrogen) atoms. The number of allylic oxidation sites excluding steroid dienone is 1. The van der Waals surface area contributed by atoms with E-state index in [9.17, 15) is 24.8 Å². The van der Waals surface area contributed by atoms with E-state index in [4.69, 9.17) is 4.65 Å². The van der Waals surface area contributed by atoms with Crippen LogP contribution in [0.15, 0.2) is 33.7 Å². The van der Waals surface area contributed by atoms with Crippen molar-refractivity contribution in [2.75, 3.05) is 6.61 Å². The number of hydrogen-bond donors (Lipinski definition) is 3. The highest BCUT2D eigenvalue weighted by Gasteiger charge is 2.58. The van der Waals surface area contributed by atoms with E-state index in [1.54, 1.807) is 18.2 Å². The van der Waals surface area contributed by atoms with E-state index in [1.165, 1.54) is 4.90 Å². The van der Waals surface area contributed by atoms with Crippen molar-refractivity contribution < 1.29 is 29.5 Å². The van der Waals surface area contributed by atoms with Gasteiger partial charge in [0.1, 0.15) is 5.75 Å². The maximum Gasteiger partial charge on any atom is 0.487 e. The maximum atomic E-state index is 13.6. The van der Waals surface area contributed by atoms with Crippen LogP contribution >= 0.6 is 15.9 Å². The van der Waals surface area contributed by atoms with Gasteiger partial charge in [-0.25, -0.2) is 0 Å². The first-order chi connectivity index (χ1) is 15.4. The normalized spacial score (nSPS) is 31.2. The Morgan fingerprint density at radius 2 is 1.88 bits per heavy atom. The smallest absolute Gasteiger partial charge is 0.487 e. The third kappa shape index (κ3) is 3.54. The minimum atomic E-state index is -1.30. The highest BCUT2D eigenvalue weighted by molar-refractivity contribution is 9.10. The molecule has 2 aliphatic carbocycles. The van der Waals surface area contributed by atoms with Crippen LogP contribution in [-0.4, -0.2) is 51.7 Å². The van der Waals surface area contributed by atoms with Crippen LogP contribution in [0.1, 0.15) is 56.6 Å². The van der Waals surface area contributed by atoms with Gasteiger partial charge in [-0.2, -0.15) is 0 Å². The summed E-state index contributed by atoms with van der Waals surface area (Å²) < 4.78 is 6.62. The summed E-state index contributed by atoms with van der Waals surface area (Å²) in [5.41, 5.74) is 1.64. The van der Waals surface area contributed by atoms with Crippen LogP contribution in [0.2, 0.25) is 0 Å². The zero-order chi connectivity index (χ0) is 22.6. The average molecular weight is 504 g/mol. The number of carbonyl (C=O) groups is 2. The Morgan fingerprint density at radius 3 is 2.59 bits per heavy atom. The molecule has 0 spiro atoms. The van der Waals surface area contributed by atoms with E-state index in [0.717, 1.165) is 36.6 Å². The number of fused-ring (bicyclic) bond motifs is 3. The number of likely N-dealkylation sites (tertiary alicyclic amines) is 1. The number of aromatic hydroxyl groups is 1. The van der Waals surface area contributed by atoms with Crippen LogP contribution in [0.4, 0.5) is 0 Å². The molecule has 2 heterocycles. The van der Waals surface area contributed by atoms with Crippen LogP contribution in [0, 0.1) is 17.8 Å². The van der Waals surface area contributed by atoms with Gasteiger partial charge in [-0.15, -0.1) is 0 Å². The summed E-state index contributed by atoms with van der Waals surface area (Å²) >= 11 is 3.41. The number of aliphatic hydroxyl groups is 1. The molecule has 170 valence electrons. The first kappa shape index (κ1) is 22.1. The molecule has 3 fully saturated rings. The summed E-state index contributed by atoms with van der Waals surface area (Å²) in [6.07, 6.45) is 4.83. The standard InChI is InChI=1S/C23H27BBrNO6/c25-13-6-7-18(28)15(9-13)19-10-16-20-17(8-12(11-27)21(16)24(31)32-19)22(29)26(23(20)30)14-4-2-1-3-5-14/h6-7,9,14,16-17,19-20,27-28,31H,1-5,8,10-11H2/t16-,17-,19-,20+/m0/s1. The summed E-state index contributed by atoms with van der Waals surface area (Å²) in [5.74, 6) is -1.75. The third-order valence-electron chi connectivity index (χ3n) is 7.71. The lowest BCUT2D eigenvalue weighted by Crippen LogP contribution is -2.45. The van der Waals surface area contributed by atoms with Crippen molar-refractivity contribution in [2.24, 2.45) is 17.8 Å². The second kappa shape index (κ2) is 8.59. The second-order valence-electron chi connectivity index (χ2n) is 9.41. The molecule has 1 saturated carbocycles. The number of halogens is 1. The summed E-state index contributed by atoms with van der Waals surface area (Å²) in [7, 11) is -1.30. The number of benzene rings is 1. The average Bonchev–Trinajstić information content (AvgIpc) is 3.05. The molecule has 0 radical (unpaired) electrons. The molecule has 9 heteroatoms. The van der Waals surface area contributed by atoms with E-state index >= 15 is 0 Å². The van der Waals surface area contributed by atoms with Gasteiger partial charge in [-0.05, 0) is 60.8 Å². The van der Waals surface area contributed by atoms with Crippen LogP contribution < -0.4 is 0 Å². The molecule has 1 aromatic carbocycles. The van der Waals surface area contributed by atoms with Crippen LogP contribution in [0.25, 0.3) is 0 Å². The molecule has 0 bridgehead atoms. The Kier molecular flexibility index (Phi) is 5.94. The Labute approximate surface area is 195 Å². The Balaban J connectivity index is 1.51. The minimum absolute atomic E-state index is 0.0465. The molecule has 3 N–H and O–H groups in total. The van der Waals surface area contributed by atoms with Gasteiger partial charge in [0.15, 0.2) is 0 Å². The lowest BCUT2D eigenvalue weighted by molar-refractivity contribution is -0.143. The number of phenolic OH excluding ortho intramolecular Hbond substituents is 1. The van der Waals surface area contributed by atoms with Crippen molar-refractivity contribution >= 4 is 34.9 Å². The molecule has 2 saturated heterocycles. The summed E-state index contributed by atoms with van der Waals surface area (Å²) in [6, 6.07) is 4.96. The molecule has 1 aromatic rings. The van der Waals surface area contributed by atoms with Gasteiger partial charge in [0.05, 0.1) is 24.5 Å². The van der Waals surface area contributed by atoms with Crippen LogP contribution in [0.5, 0.6) is 5.75 Å². The van der Waals surface area contributed by atoms with Crippen molar-refractivity contribution in [2.45, 2.75) is 57.1 Å². The zero-order valence-electron chi connectivity index (χ0n) is 17.7. The monoisotopic (exact) mass is 503 g/mol. The number of aliphatic hydroxyl groups excluding tert-OH is 1. The highest BCUT2D eigenvalue weighted by Crippen LogP contribution is 2.52. The third-order valence-corrected chi connectivity index (χ3v) is 8.21. The lowest BCUT2D eigenvalue weighted by atomic mass is 9.55. The predicted molar refractivity (Wildman–Crippen MR) is 120 cm³/mol. The molecule has 0 unspecified atom stereocenters. The number of carbonyl (C=O) groups excluding carboxylic acids is 2. The van der Waals surface area contributed by atoms with Crippen molar-refractivity contribution in [3.63, 3.8) is 0 Å². The number of phenols is 1. The van der Waals surface area contributed by atoms with Crippen molar-refractivity contribution in [1.29, 1.82) is 0 Å². The van der Waals surface area contributed by atoms with E-state index in [2.05, 4.69) is 15.9 Å². The SMILES string of the molecule is O=C1[C@H]2[C@H](CC(CO)=C3B(O)O[C@H](c4cc(Br)ccc4O)C[C@H]32)C(=O)N1C1CCCCC1. The molecule has 7 nitrogen and oxygen atoms in total. The Bertz CT molecular complexity index is 977. The number of amides is 2. The fourth-order valence-electron chi connectivity index (χ4n) is 6.26. The number of imide groups is 1. The summed E-state index contributed by atoms with van der Waals surface area (Å²) in [6.45, 7) is -0.285. The fraction of sp³-hybridized carbons (Fsp3) is 0.565. The van der Waals surface area contributed by atoms with Crippen molar-refractivity contribution in [1.82, 2.24) is 4.90 Å². The van der Waals surface area contributed by atoms with Crippen LogP contribution in [-0.2, 0) is 14.2 Å². The van der Waals surface area contributed by atoms with Crippen molar-refractivity contribution in [3.05, 3.63) is 39.3 Å². The Morgan fingerprint density at radius 1 is 1.12 bits per heavy atom. The molecule has 2 amide bonds. The summed E-state index contributed by atoms with van der Waals surface area (Å²) in [4.78, 5) is 28.5. The number of rotatable bonds is 3. The summed E-state index contributed by atoms with van der Waals surface area (Å²) in [5, 5.41) is 31.3. The Hall–Kier alpha value is -1.68. The van der Waals surface area contributed by atoms with Gasteiger partial charge in [-0.3, -0.25) is 14.5 Å². The molecular formula is C23H27BBrNO6. The molecule has 5 rings (SSSR count). The zero-order valence-corrected chi connectivity index (χ0v) is 19.3. The first-order valence-corrected chi connectivity index (χ1v) is 12.2. The lowest BCUT2D eigenvalue weighted by Gasteiger charge is -2.42. The largest absolute Gasteiger partial charge is 0.508 e. The van der Waals surface area contributed by atoms with Gasteiger partial charge >= 0.3 is 7.12 Å². The first-order valence-electron chi connectivity index (χ1n) is 11.4.